The molecule has 0 saturated heterocycles. The number of unbranched alkanes of at least 4 members (excludes halogenated alkanes) is 2. The van der Waals surface area contributed by atoms with E-state index in [9.17, 15) is 0 Å². The van der Waals surface area contributed by atoms with Crippen LogP contribution in [0.1, 0.15) is 78.6 Å². The minimum Gasteiger partial charge on any atom is -0.319 e. The van der Waals surface area contributed by atoms with Gasteiger partial charge < -0.3 is 10.2 Å². The lowest BCUT2D eigenvalue weighted by atomic mass is 9.79. The van der Waals surface area contributed by atoms with Gasteiger partial charge in [0, 0.05) is 19.1 Å². The van der Waals surface area contributed by atoms with E-state index in [1.165, 1.54) is 77.4 Å². The van der Waals surface area contributed by atoms with Crippen molar-refractivity contribution < 1.29 is 0 Å². The molecule has 0 aromatic heterocycles. The van der Waals surface area contributed by atoms with Crippen molar-refractivity contribution in [1.29, 1.82) is 0 Å². The van der Waals surface area contributed by atoms with Crippen molar-refractivity contribution in [2.75, 3.05) is 26.7 Å². The van der Waals surface area contributed by atoms with Gasteiger partial charge in [-0.15, -0.1) is 0 Å². The number of hydrogen-bond donors (Lipinski definition) is 1. The molecule has 20 heavy (non-hydrogen) atoms. The second kappa shape index (κ2) is 9.78. The predicted octanol–water partition coefficient (Wildman–Crippen LogP) is 4.45. The quantitative estimate of drug-likeness (QED) is 0.496. The second-order valence-corrected chi connectivity index (χ2v) is 7.22. The highest BCUT2D eigenvalue weighted by molar-refractivity contribution is 4.87. The van der Waals surface area contributed by atoms with E-state index in [-0.39, 0.29) is 0 Å². The Labute approximate surface area is 127 Å². The van der Waals surface area contributed by atoms with E-state index in [1.807, 2.05) is 0 Å². The van der Waals surface area contributed by atoms with Crippen LogP contribution in [0.5, 0.6) is 0 Å². The molecule has 0 amide bonds. The molecule has 0 heterocycles. The van der Waals surface area contributed by atoms with Crippen LogP contribution in [-0.2, 0) is 0 Å². The summed E-state index contributed by atoms with van der Waals surface area (Å²) in [6.45, 7) is 10.8. The number of nitrogens with one attached hydrogen (secondary N) is 1. The second-order valence-electron chi connectivity index (χ2n) is 7.22. The van der Waals surface area contributed by atoms with E-state index in [0.717, 1.165) is 0 Å². The molecule has 0 aromatic rings. The standard InChI is InChI=1S/C18H38N2/c1-5-6-11-14-20(17(2)3)16-18(15-19-4)12-9-7-8-10-13-18/h17,19H,5-16H2,1-4H3. The van der Waals surface area contributed by atoms with Crippen molar-refractivity contribution in [3.05, 3.63) is 0 Å². The van der Waals surface area contributed by atoms with Crippen molar-refractivity contribution in [1.82, 2.24) is 10.2 Å². The molecule has 2 nitrogen and oxygen atoms in total. The molecular formula is C18H38N2. The molecular weight excluding hydrogens is 244 g/mol. The van der Waals surface area contributed by atoms with E-state index in [2.05, 4.69) is 38.0 Å². The third kappa shape index (κ3) is 6.13. The topological polar surface area (TPSA) is 15.3 Å². The molecule has 2 heteroatoms. The first-order valence-corrected chi connectivity index (χ1v) is 9.02. The Bertz CT molecular complexity index is 230. The summed E-state index contributed by atoms with van der Waals surface area (Å²) in [5, 5.41) is 3.49. The van der Waals surface area contributed by atoms with Crippen LogP contribution >= 0.6 is 0 Å². The van der Waals surface area contributed by atoms with Gasteiger partial charge in [-0.25, -0.2) is 0 Å². The van der Waals surface area contributed by atoms with Gasteiger partial charge in [0.25, 0.3) is 0 Å². The fourth-order valence-electron chi connectivity index (χ4n) is 3.76. The first-order valence-electron chi connectivity index (χ1n) is 9.02. The Morgan fingerprint density at radius 1 is 1.05 bits per heavy atom. The zero-order chi connectivity index (χ0) is 14.8. The lowest BCUT2D eigenvalue weighted by molar-refractivity contribution is 0.103. The van der Waals surface area contributed by atoms with Crippen molar-refractivity contribution in [3.63, 3.8) is 0 Å². The van der Waals surface area contributed by atoms with Gasteiger partial charge in [0.15, 0.2) is 0 Å². The van der Waals surface area contributed by atoms with Crippen LogP contribution < -0.4 is 5.32 Å². The molecule has 0 aromatic carbocycles. The van der Waals surface area contributed by atoms with Crippen LogP contribution in [0.3, 0.4) is 0 Å². The van der Waals surface area contributed by atoms with Gasteiger partial charge in [0.05, 0.1) is 0 Å². The third-order valence-electron chi connectivity index (χ3n) is 5.03. The van der Waals surface area contributed by atoms with Crippen LogP contribution in [0, 0.1) is 5.41 Å². The Balaban J connectivity index is 2.63. The van der Waals surface area contributed by atoms with Crippen molar-refractivity contribution in [2.24, 2.45) is 5.41 Å². The molecule has 0 spiro atoms. The lowest BCUT2D eigenvalue weighted by Crippen LogP contribution is -2.46. The molecule has 0 bridgehead atoms. The summed E-state index contributed by atoms with van der Waals surface area (Å²) in [5.74, 6) is 0. The Kier molecular flexibility index (Phi) is 8.79. The molecule has 0 radical (unpaired) electrons. The molecule has 1 fully saturated rings. The summed E-state index contributed by atoms with van der Waals surface area (Å²) in [6, 6.07) is 0.684. The van der Waals surface area contributed by atoms with Crippen LogP contribution in [0.15, 0.2) is 0 Å². The SMILES string of the molecule is CCCCCN(CC1(CNC)CCCCCC1)C(C)C. The molecule has 0 unspecified atom stereocenters. The fraction of sp³-hybridized carbons (Fsp3) is 1.00. The van der Waals surface area contributed by atoms with E-state index >= 15 is 0 Å². The summed E-state index contributed by atoms with van der Waals surface area (Å²) < 4.78 is 0. The van der Waals surface area contributed by atoms with E-state index in [1.54, 1.807) is 0 Å². The summed E-state index contributed by atoms with van der Waals surface area (Å²) in [6.07, 6.45) is 12.7. The highest BCUT2D eigenvalue weighted by Gasteiger charge is 2.32. The normalized spacial score (nSPS) is 19.5. The first-order chi connectivity index (χ1) is 9.63. The fourth-order valence-corrected chi connectivity index (χ4v) is 3.76. The largest absolute Gasteiger partial charge is 0.319 e. The molecule has 120 valence electrons. The number of hydrogen-bond acceptors (Lipinski definition) is 2. The van der Waals surface area contributed by atoms with Crippen LogP contribution in [0.4, 0.5) is 0 Å². The maximum atomic E-state index is 3.49. The molecule has 0 aliphatic heterocycles. The molecule has 1 aliphatic rings. The highest BCUT2D eigenvalue weighted by Crippen LogP contribution is 2.35. The summed E-state index contributed by atoms with van der Waals surface area (Å²) in [4.78, 5) is 2.75. The minimum atomic E-state index is 0.529. The van der Waals surface area contributed by atoms with Gasteiger partial charge in [-0.2, -0.15) is 0 Å². The van der Waals surface area contributed by atoms with Crippen LogP contribution in [0.25, 0.3) is 0 Å². The van der Waals surface area contributed by atoms with Gasteiger partial charge in [0.1, 0.15) is 0 Å². The molecule has 0 atom stereocenters. The van der Waals surface area contributed by atoms with Crippen LogP contribution in [-0.4, -0.2) is 37.6 Å². The summed E-state index contributed by atoms with van der Waals surface area (Å²) in [7, 11) is 2.13. The maximum Gasteiger partial charge on any atom is 0.00528 e. The van der Waals surface area contributed by atoms with Gasteiger partial charge in [0.2, 0.25) is 0 Å². The van der Waals surface area contributed by atoms with E-state index in [4.69, 9.17) is 0 Å². The van der Waals surface area contributed by atoms with Gasteiger partial charge in [-0.1, -0.05) is 45.4 Å². The monoisotopic (exact) mass is 282 g/mol. The smallest absolute Gasteiger partial charge is 0.00528 e. The van der Waals surface area contributed by atoms with Gasteiger partial charge in [-0.05, 0) is 52.1 Å². The molecule has 1 rings (SSSR count). The van der Waals surface area contributed by atoms with E-state index in [0.29, 0.717) is 11.5 Å². The average Bonchev–Trinajstić information content (AvgIpc) is 2.64. The summed E-state index contributed by atoms with van der Waals surface area (Å²) >= 11 is 0. The Hall–Kier alpha value is -0.0800. The van der Waals surface area contributed by atoms with Crippen molar-refractivity contribution in [3.8, 4) is 0 Å². The summed E-state index contributed by atoms with van der Waals surface area (Å²) in [5.41, 5.74) is 0.529. The highest BCUT2D eigenvalue weighted by atomic mass is 15.2. The molecule has 1 aliphatic carbocycles. The van der Waals surface area contributed by atoms with Crippen LogP contribution in [0.2, 0.25) is 0 Å². The van der Waals surface area contributed by atoms with E-state index < -0.39 is 0 Å². The zero-order valence-corrected chi connectivity index (χ0v) is 14.5. The average molecular weight is 283 g/mol. The lowest BCUT2D eigenvalue weighted by Gasteiger charge is -2.40. The zero-order valence-electron chi connectivity index (χ0n) is 14.5. The Morgan fingerprint density at radius 2 is 1.70 bits per heavy atom. The molecule has 1 saturated carbocycles. The molecule has 1 N–H and O–H groups in total. The third-order valence-corrected chi connectivity index (χ3v) is 5.03. The number of rotatable bonds is 9. The minimum absolute atomic E-state index is 0.529. The number of nitrogens with zero attached hydrogens (tertiary/aromatic N) is 1. The van der Waals surface area contributed by atoms with Crippen molar-refractivity contribution >= 4 is 0 Å². The van der Waals surface area contributed by atoms with Gasteiger partial charge >= 0.3 is 0 Å². The predicted molar refractivity (Wildman–Crippen MR) is 90.3 cm³/mol. The maximum absolute atomic E-state index is 3.49. The first kappa shape index (κ1) is 18.0. The van der Waals surface area contributed by atoms with Gasteiger partial charge in [-0.3, -0.25) is 0 Å². The Morgan fingerprint density at radius 3 is 2.20 bits per heavy atom. The van der Waals surface area contributed by atoms with Crippen molar-refractivity contribution in [2.45, 2.75) is 84.6 Å².